The monoisotopic (exact) mass is 530 g/mol. The van der Waals surface area contributed by atoms with Crippen LogP contribution in [0.4, 0.5) is 13.2 Å². The minimum absolute atomic E-state index is 0.0834. The van der Waals surface area contributed by atoms with Gasteiger partial charge in [-0.3, -0.25) is 9.59 Å². The molecule has 2 aromatic rings. The zero-order chi connectivity index (χ0) is 27.1. The summed E-state index contributed by atoms with van der Waals surface area (Å²) in [5.41, 5.74) is -0.123. The minimum Gasteiger partial charge on any atom is -0.493 e. The van der Waals surface area contributed by atoms with Crippen LogP contribution in [-0.4, -0.2) is 49.1 Å². The normalized spacial score (nSPS) is 21.4. The molecule has 0 radical (unpaired) electrons. The highest BCUT2D eigenvalue weighted by atomic mass is 19.4. The van der Waals surface area contributed by atoms with E-state index in [-0.39, 0.29) is 30.2 Å². The summed E-state index contributed by atoms with van der Waals surface area (Å²) in [6.07, 6.45) is -1.86. The Morgan fingerprint density at radius 2 is 1.71 bits per heavy atom. The van der Waals surface area contributed by atoms with Crippen molar-refractivity contribution in [2.24, 2.45) is 10.8 Å². The highest BCUT2D eigenvalue weighted by Crippen LogP contribution is 2.59. The van der Waals surface area contributed by atoms with E-state index in [2.05, 4.69) is 5.32 Å². The predicted molar refractivity (Wildman–Crippen MR) is 135 cm³/mol. The first kappa shape index (κ1) is 26.4. The molecule has 5 rings (SSSR count). The van der Waals surface area contributed by atoms with Crippen molar-refractivity contribution >= 4 is 11.8 Å². The lowest BCUT2D eigenvalue weighted by atomic mass is 9.59. The topological polar surface area (TPSA) is 67.9 Å². The lowest BCUT2D eigenvalue weighted by Gasteiger charge is -2.54. The van der Waals surface area contributed by atoms with Crippen molar-refractivity contribution in [2.45, 2.75) is 64.3 Å². The molecular formula is C29H33F3N2O4. The third-order valence-electron chi connectivity index (χ3n) is 8.72. The summed E-state index contributed by atoms with van der Waals surface area (Å²) in [6.45, 7) is 2.76. The van der Waals surface area contributed by atoms with Crippen LogP contribution in [0.5, 0.6) is 11.5 Å². The Hall–Kier alpha value is -3.23. The first-order valence-corrected chi connectivity index (χ1v) is 13.1. The van der Waals surface area contributed by atoms with Crippen molar-refractivity contribution in [2.75, 3.05) is 20.2 Å². The second kappa shape index (κ2) is 9.82. The number of ether oxygens (including phenoxy) is 2. The number of carbonyl (C=O) groups is 2. The van der Waals surface area contributed by atoms with Crippen LogP contribution in [0.3, 0.4) is 0 Å². The molecule has 2 aromatic carbocycles. The van der Waals surface area contributed by atoms with Crippen molar-refractivity contribution < 1.29 is 32.2 Å². The molecule has 0 bridgehead atoms. The number of nitrogens with one attached hydrogen (secondary N) is 1. The molecular weight excluding hydrogens is 497 g/mol. The second-order valence-corrected chi connectivity index (χ2v) is 10.9. The summed E-state index contributed by atoms with van der Waals surface area (Å²) in [6, 6.07) is 13.1. The van der Waals surface area contributed by atoms with Gasteiger partial charge in [0, 0.05) is 24.7 Å². The molecule has 1 spiro atoms. The Labute approximate surface area is 220 Å². The zero-order valence-electron chi connectivity index (χ0n) is 21.7. The van der Waals surface area contributed by atoms with Crippen molar-refractivity contribution in [3.05, 3.63) is 59.2 Å². The number of hydrogen-bond acceptors (Lipinski definition) is 4. The molecule has 2 saturated carbocycles. The molecule has 2 aliphatic carbocycles. The number of carbonyl (C=O) groups excluding carboxylic acids is 2. The first-order chi connectivity index (χ1) is 18.1. The Morgan fingerprint density at radius 3 is 2.26 bits per heavy atom. The molecule has 38 heavy (non-hydrogen) atoms. The van der Waals surface area contributed by atoms with Gasteiger partial charge >= 0.3 is 6.18 Å². The lowest BCUT2D eigenvalue weighted by molar-refractivity contribution is -0.200. The largest absolute Gasteiger partial charge is 0.493 e. The number of likely N-dealkylation sites (tertiary alicyclic amines) is 1. The van der Waals surface area contributed by atoms with Gasteiger partial charge in [-0.05, 0) is 74.1 Å². The molecule has 6 nitrogen and oxygen atoms in total. The number of piperidine rings is 1. The average molecular weight is 531 g/mol. The van der Waals surface area contributed by atoms with Crippen LogP contribution in [-0.2, 0) is 11.4 Å². The highest BCUT2D eigenvalue weighted by molar-refractivity contribution is 5.96. The van der Waals surface area contributed by atoms with E-state index in [0.717, 1.165) is 24.0 Å². The molecule has 3 aliphatic rings. The van der Waals surface area contributed by atoms with Gasteiger partial charge in [-0.25, -0.2) is 0 Å². The fraction of sp³-hybridized carbons (Fsp3) is 0.517. The van der Waals surface area contributed by atoms with Crippen LogP contribution in [0.15, 0.2) is 42.5 Å². The van der Waals surface area contributed by atoms with E-state index < -0.39 is 17.5 Å². The summed E-state index contributed by atoms with van der Waals surface area (Å²) >= 11 is 0. The second-order valence-electron chi connectivity index (χ2n) is 10.9. The summed E-state index contributed by atoms with van der Waals surface area (Å²) in [5, 5.41) is 3.16. The number of rotatable bonds is 7. The van der Waals surface area contributed by atoms with Gasteiger partial charge in [-0.2, -0.15) is 13.2 Å². The molecule has 204 valence electrons. The molecule has 1 atom stereocenters. The molecule has 2 amide bonds. The van der Waals surface area contributed by atoms with Crippen molar-refractivity contribution in [1.29, 1.82) is 0 Å². The van der Waals surface area contributed by atoms with Gasteiger partial charge < -0.3 is 19.7 Å². The summed E-state index contributed by atoms with van der Waals surface area (Å²) in [7, 11) is 1.55. The van der Waals surface area contributed by atoms with E-state index in [1.165, 1.54) is 4.90 Å². The van der Waals surface area contributed by atoms with Gasteiger partial charge in [0.15, 0.2) is 11.5 Å². The number of halogens is 3. The smallest absolute Gasteiger partial charge is 0.403 e. The van der Waals surface area contributed by atoms with E-state index in [0.29, 0.717) is 49.6 Å². The van der Waals surface area contributed by atoms with Crippen LogP contribution in [0, 0.1) is 17.8 Å². The number of alkyl halides is 3. The van der Waals surface area contributed by atoms with Crippen LogP contribution in [0.2, 0.25) is 0 Å². The Bertz CT molecular complexity index is 1200. The maximum atomic E-state index is 13.4. The van der Waals surface area contributed by atoms with Gasteiger partial charge in [0.2, 0.25) is 5.91 Å². The molecule has 1 N–H and O–H groups in total. The van der Waals surface area contributed by atoms with E-state index in [1.54, 1.807) is 19.2 Å². The number of nitrogens with zero attached hydrogens (tertiary/aromatic N) is 1. The fourth-order valence-electron chi connectivity index (χ4n) is 5.87. The van der Waals surface area contributed by atoms with Crippen molar-refractivity contribution in [3.8, 4) is 11.5 Å². The number of aryl methyl sites for hydroxylation is 1. The quantitative estimate of drug-likeness (QED) is 0.519. The Balaban J connectivity index is 1.23. The van der Waals surface area contributed by atoms with Crippen molar-refractivity contribution in [3.63, 3.8) is 0 Å². The van der Waals surface area contributed by atoms with Gasteiger partial charge in [-0.1, -0.05) is 30.3 Å². The summed E-state index contributed by atoms with van der Waals surface area (Å²) in [4.78, 5) is 27.4. The third kappa shape index (κ3) is 4.71. The van der Waals surface area contributed by atoms with E-state index in [9.17, 15) is 22.8 Å². The summed E-state index contributed by atoms with van der Waals surface area (Å²) in [5.74, 6) is 0.0169. The molecule has 3 fully saturated rings. The Kier molecular flexibility index (Phi) is 6.82. The Morgan fingerprint density at radius 1 is 1.03 bits per heavy atom. The summed E-state index contributed by atoms with van der Waals surface area (Å²) < 4.78 is 51.7. The first-order valence-electron chi connectivity index (χ1n) is 13.1. The van der Waals surface area contributed by atoms with Gasteiger partial charge in [0.1, 0.15) is 12.0 Å². The molecule has 1 heterocycles. The fourth-order valence-corrected chi connectivity index (χ4v) is 5.87. The van der Waals surface area contributed by atoms with Crippen molar-refractivity contribution in [1.82, 2.24) is 10.2 Å². The zero-order valence-corrected chi connectivity index (χ0v) is 21.7. The van der Waals surface area contributed by atoms with Gasteiger partial charge in [-0.15, -0.1) is 0 Å². The maximum Gasteiger partial charge on any atom is 0.403 e. The van der Waals surface area contributed by atoms with E-state index >= 15 is 0 Å². The molecule has 0 aromatic heterocycles. The van der Waals surface area contributed by atoms with Gasteiger partial charge in [0.05, 0.1) is 7.11 Å². The number of benzene rings is 2. The van der Waals surface area contributed by atoms with Crippen LogP contribution in [0.25, 0.3) is 0 Å². The van der Waals surface area contributed by atoms with Crippen LogP contribution in [0.1, 0.15) is 60.0 Å². The molecule has 1 unspecified atom stereocenters. The van der Waals surface area contributed by atoms with Crippen LogP contribution < -0.4 is 14.8 Å². The van der Waals surface area contributed by atoms with E-state index in [1.807, 2.05) is 37.3 Å². The predicted octanol–water partition coefficient (Wildman–Crippen LogP) is 5.43. The highest BCUT2D eigenvalue weighted by Gasteiger charge is 2.69. The number of methoxy groups -OCH3 is 1. The average Bonchev–Trinajstić information content (AvgIpc) is 3.73. The third-order valence-corrected chi connectivity index (χ3v) is 8.72. The molecule has 1 aliphatic heterocycles. The molecule has 1 saturated heterocycles. The number of amides is 2. The minimum atomic E-state index is -4.49. The lowest BCUT2D eigenvalue weighted by Crippen LogP contribution is -2.60. The van der Waals surface area contributed by atoms with Gasteiger partial charge in [0.25, 0.3) is 5.91 Å². The van der Waals surface area contributed by atoms with Crippen LogP contribution >= 0.6 is 0 Å². The van der Waals surface area contributed by atoms with E-state index in [4.69, 9.17) is 9.47 Å². The molecule has 9 heteroatoms. The number of hydrogen-bond donors (Lipinski definition) is 1. The maximum absolute atomic E-state index is 13.4. The SMILES string of the molecule is COc1cc(C)c(C(=O)NC2CCC23CCN(C(=O)C2(C(F)(F)F)CC2)CC3)cc1OCc1ccccc1. The standard InChI is InChI=1S/C29H33F3N2O4/c1-19-16-22(37-2)23(38-18-20-6-4-3-5-7-20)17-21(19)25(35)33-24-8-9-27(24)12-14-34(15-13-27)26(36)28(10-11-28)29(30,31)32/h3-7,16-17,24H,8-15,18H2,1-2H3,(H,33,35).